The monoisotopic (exact) mass is 714 g/mol. The molecule has 264 valence electrons. The zero-order valence-corrected chi connectivity index (χ0v) is 30.8. The fourth-order valence-electron chi connectivity index (χ4n) is 8.16. The van der Waals surface area contributed by atoms with E-state index in [1.165, 1.54) is 66.3 Å². The van der Waals surface area contributed by atoms with E-state index in [9.17, 15) is 0 Å². The lowest BCUT2D eigenvalue weighted by atomic mass is 9.96. The minimum absolute atomic E-state index is 1.12. The molecule has 0 aliphatic heterocycles. The molecule has 1 aromatic heterocycles. The van der Waals surface area contributed by atoms with Crippen molar-refractivity contribution in [3.05, 3.63) is 231 Å². The summed E-state index contributed by atoms with van der Waals surface area (Å²) >= 11 is 0. The number of benzene rings is 9. The second kappa shape index (κ2) is 14.4. The molecule has 0 saturated carbocycles. The minimum Gasteiger partial charge on any atom is -0.310 e. The van der Waals surface area contributed by atoms with E-state index in [2.05, 4.69) is 240 Å². The Morgan fingerprint density at radius 3 is 1.54 bits per heavy atom. The van der Waals surface area contributed by atoms with Crippen LogP contribution in [0.25, 0.3) is 72.0 Å². The maximum atomic E-state index is 2.46. The Labute approximate surface area is 327 Å². The second-order valence-electron chi connectivity index (χ2n) is 14.2. The summed E-state index contributed by atoms with van der Waals surface area (Å²) < 4.78 is 2.46. The lowest BCUT2D eigenvalue weighted by Gasteiger charge is -2.27. The van der Waals surface area contributed by atoms with Gasteiger partial charge in [-0.1, -0.05) is 170 Å². The van der Waals surface area contributed by atoms with Gasteiger partial charge in [-0.2, -0.15) is 0 Å². The molecule has 56 heavy (non-hydrogen) atoms. The number of aromatic nitrogens is 1. The van der Waals surface area contributed by atoms with Crippen molar-refractivity contribution in [2.24, 2.45) is 0 Å². The van der Waals surface area contributed by atoms with Crippen molar-refractivity contribution in [3.8, 4) is 50.2 Å². The predicted molar refractivity (Wildman–Crippen MR) is 237 cm³/mol. The molecule has 0 N–H and O–H groups in total. The molecule has 0 spiro atoms. The maximum Gasteiger partial charge on any atom is 0.0547 e. The van der Waals surface area contributed by atoms with Gasteiger partial charge in [-0.3, -0.25) is 0 Å². The van der Waals surface area contributed by atoms with Gasteiger partial charge < -0.3 is 9.47 Å². The second-order valence-corrected chi connectivity index (χ2v) is 14.2. The largest absolute Gasteiger partial charge is 0.310 e. The summed E-state index contributed by atoms with van der Waals surface area (Å²) in [6, 6.07) is 83.0. The smallest absolute Gasteiger partial charge is 0.0547 e. The van der Waals surface area contributed by atoms with Crippen molar-refractivity contribution < 1.29 is 0 Å². The molecular weight excluding hydrogens is 677 g/mol. The fourth-order valence-corrected chi connectivity index (χ4v) is 8.16. The van der Waals surface area contributed by atoms with E-state index < -0.39 is 0 Å². The number of fused-ring (bicyclic) bond motifs is 3. The van der Waals surface area contributed by atoms with E-state index in [1.54, 1.807) is 0 Å². The predicted octanol–water partition coefficient (Wildman–Crippen LogP) is 14.9. The Morgan fingerprint density at radius 1 is 0.286 bits per heavy atom. The van der Waals surface area contributed by atoms with Crippen molar-refractivity contribution in [1.29, 1.82) is 0 Å². The minimum atomic E-state index is 1.12. The van der Waals surface area contributed by atoms with Gasteiger partial charge in [-0.05, 0) is 94.0 Å². The third-order valence-electron chi connectivity index (χ3n) is 10.8. The van der Waals surface area contributed by atoms with Crippen LogP contribution in [0.2, 0.25) is 0 Å². The molecule has 0 aliphatic carbocycles. The highest BCUT2D eigenvalue weighted by Crippen LogP contribution is 2.43. The molecule has 0 unspecified atom stereocenters. The van der Waals surface area contributed by atoms with Gasteiger partial charge in [0.1, 0.15) is 0 Å². The Balaban J connectivity index is 1.14. The number of rotatable bonds is 8. The first kappa shape index (κ1) is 33.2. The highest BCUT2D eigenvalue weighted by atomic mass is 15.1. The third-order valence-corrected chi connectivity index (χ3v) is 10.8. The Kier molecular flexibility index (Phi) is 8.55. The van der Waals surface area contributed by atoms with E-state index in [1.807, 2.05) is 0 Å². The molecule has 0 fully saturated rings. The molecule has 9 aromatic carbocycles. The van der Waals surface area contributed by atoms with Crippen molar-refractivity contribution in [3.63, 3.8) is 0 Å². The summed E-state index contributed by atoms with van der Waals surface area (Å²) in [6.45, 7) is 0. The average Bonchev–Trinajstić information content (AvgIpc) is 3.61. The first-order chi connectivity index (χ1) is 27.8. The van der Waals surface area contributed by atoms with Gasteiger partial charge in [0, 0.05) is 33.3 Å². The van der Waals surface area contributed by atoms with Crippen LogP contribution in [0.4, 0.5) is 17.1 Å². The zero-order valence-electron chi connectivity index (χ0n) is 30.8. The number of hydrogen-bond acceptors (Lipinski definition) is 1. The molecule has 10 rings (SSSR count). The fraction of sp³-hybridized carbons (Fsp3) is 0. The van der Waals surface area contributed by atoms with Crippen LogP contribution in [0.3, 0.4) is 0 Å². The van der Waals surface area contributed by atoms with Crippen LogP contribution in [0.15, 0.2) is 231 Å². The standard InChI is InChI=1S/C54H38N2/c1-5-18-39(19-6-1)42-33-35-53(50(37-42)40-20-7-2-8-21-40)56-52-31-16-14-29-48(52)49-34-32-43(38-54(49)56)41-22-17-23-44(36-41)47-28-13-15-30-51(47)55(45-24-9-3-10-25-45)46-26-11-4-12-27-46/h1-38H. The first-order valence-electron chi connectivity index (χ1n) is 19.2. The Bertz CT molecular complexity index is 2910. The molecule has 0 amide bonds. The van der Waals surface area contributed by atoms with Gasteiger partial charge in [-0.15, -0.1) is 0 Å². The summed E-state index contributed by atoms with van der Waals surface area (Å²) in [5, 5.41) is 2.48. The van der Waals surface area contributed by atoms with Gasteiger partial charge in [-0.25, -0.2) is 0 Å². The van der Waals surface area contributed by atoms with Gasteiger partial charge in [0.25, 0.3) is 0 Å². The highest BCUT2D eigenvalue weighted by molar-refractivity contribution is 6.11. The number of nitrogens with zero attached hydrogens (tertiary/aromatic N) is 2. The molecule has 10 aromatic rings. The van der Waals surface area contributed by atoms with Crippen LogP contribution in [-0.2, 0) is 0 Å². The van der Waals surface area contributed by atoms with E-state index >= 15 is 0 Å². The van der Waals surface area contributed by atoms with Gasteiger partial charge in [0.05, 0.1) is 22.4 Å². The van der Waals surface area contributed by atoms with Crippen molar-refractivity contribution >= 4 is 38.9 Å². The molecular formula is C54H38N2. The summed E-state index contributed by atoms with van der Waals surface area (Å²) in [5.41, 5.74) is 16.4. The molecule has 2 nitrogen and oxygen atoms in total. The quantitative estimate of drug-likeness (QED) is 0.152. The van der Waals surface area contributed by atoms with Gasteiger partial charge in [0.2, 0.25) is 0 Å². The zero-order chi connectivity index (χ0) is 37.3. The Hall–Kier alpha value is -7.42. The average molecular weight is 715 g/mol. The molecule has 0 saturated heterocycles. The normalized spacial score (nSPS) is 11.2. The van der Waals surface area contributed by atoms with Crippen molar-refractivity contribution in [2.75, 3.05) is 4.90 Å². The van der Waals surface area contributed by atoms with E-state index in [4.69, 9.17) is 0 Å². The summed E-state index contributed by atoms with van der Waals surface area (Å²) in [4.78, 5) is 2.35. The molecule has 1 heterocycles. The van der Waals surface area contributed by atoms with Crippen LogP contribution in [0.1, 0.15) is 0 Å². The van der Waals surface area contributed by atoms with Gasteiger partial charge in [0.15, 0.2) is 0 Å². The van der Waals surface area contributed by atoms with E-state index in [-0.39, 0.29) is 0 Å². The summed E-state index contributed by atoms with van der Waals surface area (Å²) in [7, 11) is 0. The molecule has 0 bridgehead atoms. The lowest BCUT2D eigenvalue weighted by Crippen LogP contribution is -2.10. The SMILES string of the molecule is c1ccc(-c2ccc(-n3c4ccccc4c4ccc(-c5cccc(-c6ccccc6N(c6ccccc6)c6ccccc6)c5)cc43)c(-c3ccccc3)c2)cc1. The van der Waals surface area contributed by atoms with Crippen molar-refractivity contribution in [2.45, 2.75) is 0 Å². The Morgan fingerprint density at radius 2 is 0.804 bits per heavy atom. The van der Waals surface area contributed by atoms with Crippen molar-refractivity contribution in [1.82, 2.24) is 4.57 Å². The molecule has 0 aliphatic rings. The van der Waals surface area contributed by atoms with Crippen LogP contribution in [0.5, 0.6) is 0 Å². The number of hydrogen-bond donors (Lipinski definition) is 0. The topological polar surface area (TPSA) is 8.17 Å². The molecule has 0 radical (unpaired) electrons. The third kappa shape index (κ3) is 6.04. The van der Waals surface area contributed by atoms with Crippen LogP contribution >= 0.6 is 0 Å². The summed E-state index contributed by atoms with van der Waals surface area (Å²) in [6.07, 6.45) is 0. The first-order valence-corrected chi connectivity index (χ1v) is 19.2. The number of para-hydroxylation sites is 4. The van der Waals surface area contributed by atoms with Crippen LogP contribution < -0.4 is 4.90 Å². The number of anilines is 3. The lowest BCUT2D eigenvalue weighted by molar-refractivity contribution is 1.18. The molecule has 0 atom stereocenters. The van der Waals surface area contributed by atoms with Gasteiger partial charge >= 0.3 is 0 Å². The van der Waals surface area contributed by atoms with Crippen LogP contribution in [0, 0.1) is 0 Å². The van der Waals surface area contributed by atoms with E-state index in [0.717, 1.165) is 22.7 Å². The van der Waals surface area contributed by atoms with Crippen LogP contribution in [-0.4, -0.2) is 4.57 Å². The maximum absolute atomic E-state index is 2.46. The molecule has 2 heteroatoms. The highest BCUT2D eigenvalue weighted by Gasteiger charge is 2.19. The summed E-state index contributed by atoms with van der Waals surface area (Å²) in [5.74, 6) is 0. The van der Waals surface area contributed by atoms with E-state index in [0.29, 0.717) is 0 Å².